The summed E-state index contributed by atoms with van der Waals surface area (Å²) in [5.41, 5.74) is -0.703. The summed E-state index contributed by atoms with van der Waals surface area (Å²) in [6.45, 7) is 2.73. The highest BCUT2D eigenvalue weighted by Crippen LogP contribution is 2.24. The van der Waals surface area contributed by atoms with E-state index in [-0.39, 0.29) is 12.1 Å². The van der Waals surface area contributed by atoms with Gasteiger partial charge >= 0.3 is 0 Å². The van der Waals surface area contributed by atoms with Gasteiger partial charge in [0, 0.05) is 18.7 Å². The van der Waals surface area contributed by atoms with Crippen molar-refractivity contribution in [2.75, 3.05) is 13.2 Å². The summed E-state index contributed by atoms with van der Waals surface area (Å²) >= 11 is 0. The molecule has 1 aromatic rings. The smallest absolute Gasteiger partial charge is 0.251 e. The lowest BCUT2D eigenvalue weighted by atomic mass is 10.0. The van der Waals surface area contributed by atoms with Gasteiger partial charge in [-0.05, 0) is 31.9 Å². The molecular formula is C13H14F3NO2. The summed E-state index contributed by atoms with van der Waals surface area (Å²) in [7, 11) is 0. The summed E-state index contributed by atoms with van der Waals surface area (Å²) in [6, 6.07) is 1.34. The Labute approximate surface area is 108 Å². The van der Waals surface area contributed by atoms with Crippen LogP contribution in [0.1, 0.15) is 30.1 Å². The van der Waals surface area contributed by atoms with Crippen molar-refractivity contribution in [3.8, 4) is 0 Å². The molecule has 1 aromatic carbocycles. The normalized spacial score (nSPS) is 22.5. The van der Waals surface area contributed by atoms with Gasteiger partial charge in [0.1, 0.15) is 0 Å². The van der Waals surface area contributed by atoms with Gasteiger partial charge in [0.2, 0.25) is 0 Å². The van der Waals surface area contributed by atoms with E-state index in [0.717, 1.165) is 12.8 Å². The molecule has 2 rings (SSSR count). The molecule has 1 atom stereocenters. The zero-order valence-corrected chi connectivity index (χ0v) is 10.4. The van der Waals surface area contributed by atoms with Crippen LogP contribution in [0.25, 0.3) is 0 Å². The average Bonchev–Trinajstić information content (AvgIpc) is 2.80. The average molecular weight is 273 g/mol. The van der Waals surface area contributed by atoms with Crippen LogP contribution in [0.5, 0.6) is 0 Å². The van der Waals surface area contributed by atoms with Crippen LogP contribution in [0.3, 0.4) is 0 Å². The third-order valence-corrected chi connectivity index (χ3v) is 3.17. The van der Waals surface area contributed by atoms with E-state index >= 15 is 0 Å². The van der Waals surface area contributed by atoms with Crippen molar-refractivity contribution in [1.29, 1.82) is 0 Å². The summed E-state index contributed by atoms with van der Waals surface area (Å²) < 4.78 is 44.2. The van der Waals surface area contributed by atoms with E-state index in [1.54, 1.807) is 0 Å². The minimum Gasteiger partial charge on any atom is -0.373 e. The molecule has 0 aromatic heterocycles. The second kappa shape index (κ2) is 5.21. The van der Waals surface area contributed by atoms with Crippen LogP contribution < -0.4 is 5.32 Å². The summed E-state index contributed by atoms with van der Waals surface area (Å²) in [5.74, 6) is -5.00. The first-order valence-corrected chi connectivity index (χ1v) is 5.98. The van der Waals surface area contributed by atoms with E-state index in [1.165, 1.54) is 0 Å². The zero-order chi connectivity index (χ0) is 14.0. The molecule has 6 heteroatoms. The fourth-order valence-corrected chi connectivity index (χ4v) is 2.03. The lowest BCUT2D eigenvalue weighted by Crippen LogP contribution is -2.40. The number of amides is 1. The number of benzene rings is 1. The molecule has 1 aliphatic heterocycles. The second-order valence-corrected chi connectivity index (χ2v) is 4.84. The lowest BCUT2D eigenvalue weighted by Gasteiger charge is -2.23. The van der Waals surface area contributed by atoms with Crippen LogP contribution in [0.15, 0.2) is 12.1 Å². The Hall–Kier alpha value is -1.56. The van der Waals surface area contributed by atoms with Gasteiger partial charge in [-0.1, -0.05) is 0 Å². The Morgan fingerprint density at radius 2 is 2.00 bits per heavy atom. The van der Waals surface area contributed by atoms with Gasteiger partial charge in [-0.25, -0.2) is 13.2 Å². The van der Waals surface area contributed by atoms with Gasteiger partial charge < -0.3 is 10.1 Å². The highest BCUT2D eigenvalue weighted by atomic mass is 19.2. The minimum absolute atomic E-state index is 0.243. The molecule has 1 aliphatic rings. The molecule has 0 spiro atoms. The van der Waals surface area contributed by atoms with Gasteiger partial charge in [-0.3, -0.25) is 4.79 Å². The van der Waals surface area contributed by atoms with Crippen molar-refractivity contribution in [2.45, 2.75) is 25.4 Å². The highest BCUT2D eigenvalue weighted by molar-refractivity contribution is 5.94. The summed E-state index contributed by atoms with van der Waals surface area (Å²) in [4.78, 5) is 11.7. The first-order valence-electron chi connectivity index (χ1n) is 5.98. The van der Waals surface area contributed by atoms with Gasteiger partial charge in [0.25, 0.3) is 5.91 Å². The van der Waals surface area contributed by atoms with E-state index in [1.807, 2.05) is 6.92 Å². The lowest BCUT2D eigenvalue weighted by molar-refractivity contribution is 0.0206. The fraction of sp³-hybridized carbons (Fsp3) is 0.462. The number of carbonyl (C=O) groups is 1. The molecule has 1 heterocycles. The first-order chi connectivity index (χ1) is 8.91. The van der Waals surface area contributed by atoms with Crippen LogP contribution >= 0.6 is 0 Å². The Bertz CT molecular complexity index is 476. The van der Waals surface area contributed by atoms with Crippen molar-refractivity contribution in [1.82, 2.24) is 5.32 Å². The van der Waals surface area contributed by atoms with Crippen molar-refractivity contribution in [3.63, 3.8) is 0 Å². The molecule has 0 bridgehead atoms. The Morgan fingerprint density at radius 3 is 2.53 bits per heavy atom. The summed E-state index contributed by atoms with van der Waals surface area (Å²) in [5, 5.41) is 2.54. The molecule has 0 aliphatic carbocycles. The molecule has 19 heavy (non-hydrogen) atoms. The number of carbonyl (C=O) groups excluding carboxylic acids is 1. The van der Waals surface area contributed by atoms with Crippen LogP contribution in [0.4, 0.5) is 13.2 Å². The molecule has 0 radical (unpaired) electrons. The monoisotopic (exact) mass is 273 g/mol. The maximum atomic E-state index is 13.0. The molecule has 0 saturated carbocycles. The van der Waals surface area contributed by atoms with Crippen LogP contribution in [-0.2, 0) is 4.74 Å². The van der Waals surface area contributed by atoms with Gasteiger partial charge in [-0.2, -0.15) is 0 Å². The number of hydrogen-bond donors (Lipinski definition) is 1. The summed E-state index contributed by atoms with van der Waals surface area (Å²) in [6.07, 6.45) is 1.71. The largest absolute Gasteiger partial charge is 0.373 e. The van der Waals surface area contributed by atoms with Gasteiger partial charge in [0.15, 0.2) is 17.5 Å². The van der Waals surface area contributed by atoms with Crippen molar-refractivity contribution in [3.05, 3.63) is 35.1 Å². The molecule has 104 valence electrons. The van der Waals surface area contributed by atoms with E-state index in [9.17, 15) is 18.0 Å². The van der Waals surface area contributed by atoms with Crippen LogP contribution in [-0.4, -0.2) is 24.7 Å². The van der Waals surface area contributed by atoms with Crippen LogP contribution in [0, 0.1) is 17.5 Å². The maximum absolute atomic E-state index is 13.0. The first kappa shape index (κ1) is 13.9. The quantitative estimate of drug-likeness (QED) is 0.859. The Balaban J connectivity index is 2.04. The maximum Gasteiger partial charge on any atom is 0.251 e. The Morgan fingerprint density at radius 1 is 1.37 bits per heavy atom. The Kier molecular flexibility index (Phi) is 3.80. The molecular weight excluding hydrogens is 259 g/mol. The van der Waals surface area contributed by atoms with Crippen molar-refractivity contribution < 1.29 is 22.7 Å². The van der Waals surface area contributed by atoms with Crippen molar-refractivity contribution >= 4 is 5.91 Å². The standard InChI is InChI=1S/C13H14F3NO2/c1-13(3-2-4-19-13)7-17-12(18)8-5-9(14)11(16)10(15)6-8/h5-6H,2-4,7H2,1H3,(H,17,18). The van der Waals surface area contributed by atoms with Gasteiger partial charge in [-0.15, -0.1) is 0 Å². The zero-order valence-electron chi connectivity index (χ0n) is 10.4. The number of rotatable bonds is 3. The molecule has 1 N–H and O–H groups in total. The molecule has 1 fully saturated rings. The SMILES string of the molecule is CC1(CNC(=O)c2cc(F)c(F)c(F)c2)CCCO1. The van der Waals surface area contributed by atoms with E-state index in [2.05, 4.69) is 5.32 Å². The number of nitrogens with one attached hydrogen (secondary N) is 1. The second-order valence-electron chi connectivity index (χ2n) is 4.84. The third kappa shape index (κ3) is 3.07. The van der Waals surface area contributed by atoms with E-state index in [4.69, 9.17) is 4.74 Å². The third-order valence-electron chi connectivity index (χ3n) is 3.17. The van der Waals surface area contributed by atoms with Crippen LogP contribution in [0.2, 0.25) is 0 Å². The fourth-order valence-electron chi connectivity index (χ4n) is 2.03. The molecule has 1 amide bonds. The molecule has 3 nitrogen and oxygen atoms in total. The molecule has 1 saturated heterocycles. The van der Waals surface area contributed by atoms with E-state index < -0.39 is 29.0 Å². The topological polar surface area (TPSA) is 38.3 Å². The highest BCUT2D eigenvalue weighted by Gasteiger charge is 2.30. The predicted octanol–water partition coefficient (Wildman–Crippen LogP) is 2.40. The predicted molar refractivity (Wildman–Crippen MR) is 62.2 cm³/mol. The van der Waals surface area contributed by atoms with Gasteiger partial charge in [0.05, 0.1) is 5.60 Å². The number of halogens is 3. The number of ether oxygens (including phenoxy) is 1. The van der Waals surface area contributed by atoms with Crippen molar-refractivity contribution in [2.24, 2.45) is 0 Å². The number of hydrogen-bond acceptors (Lipinski definition) is 2. The molecule has 1 unspecified atom stereocenters. The minimum atomic E-state index is -1.58. The van der Waals surface area contributed by atoms with E-state index in [0.29, 0.717) is 18.7 Å².